The van der Waals surface area contributed by atoms with Crippen molar-refractivity contribution in [3.63, 3.8) is 0 Å². The minimum atomic E-state index is -4.79. The van der Waals surface area contributed by atoms with Crippen molar-refractivity contribution in [3.05, 3.63) is 87.2 Å². The van der Waals surface area contributed by atoms with Crippen molar-refractivity contribution in [2.75, 3.05) is 5.32 Å². The average molecular weight is 494 g/mol. The summed E-state index contributed by atoms with van der Waals surface area (Å²) in [6.07, 6.45) is -3.85. The molecule has 12 heteroatoms. The number of nitriles is 1. The van der Waals surface area contributed by atoms with Gasteiger partial charge in [0.1, 0.15) is 11.6 Å². The fourth-order valence-electron chi connectivity index (χ4n) is 3.55. The van der Waals surface area contributed by atoms with Crippen LogP contribution in [0.2, 0.25) is 0 Å². The molecule has 0 atom stereocenters. The lowest BCUT2D eigenvalue weighted by molar-refractivity contribution is -0.384. The number of carbonyl (C=O) groups is 1. The van der Waals surface area contributed by atoms with Gasteiger partial charge in [0.25, 0.3) is 11.6 Å². The molecule has 2 aromatic heterocycles. The fraction of sp³-hybridized carbons (Fsp3) is 0.167. The number of amides is 1. The van der Waals surface area contributed by atoms with Gasteiger partial charge in [-0.1, -0.05) is 38.1 Å². The Morgan fingerprint density at radius 1 is 1.17 bits per heavy atom. The van der Waals surface area contributed by atoms with Gasteiger partial charge < -0.3 is 5.32 Å². The maximum absolute atomic E-state index is 13.9. The molecule has 0 aliphatic rings. The van der Waals surface area contributed by atoms with E-state index >= 15 is 0 Å². The van der Waals surface area contributed by atoms with Crippen molar-refractivity contribution in [1.29, 1.82) is 5.26 Å². The lowest BCUT2D eigenvalue weighted by Gasteiger charge is -2.12. The number of rotatable bonds is 5. The normalized spacial score (nSPS) is 11.5. The smallest absolute Gasteiger partial charge is 0.321 e. The van der Waals surface area contributed by atoms with E-state index in [1.807, 2.05) is 13.8 Å². The molecule has 1 N–H and O–H groups in total. The third-order valence-corrected chi connectivity index (χ3v) is 5.46. The lowest BCUT2D eigenvalue weighted by Crippen LogP contribution is -2.16. The van der Waals surface area contributed by atoms with Gasteiger partial charge in [-0.25, -0.2) is 9.50 Å². The summed E-state index contributed by atoms with van der Waals surface area (Å²) in [7, 11) is 0. The molecule has 2 heterocycles. The zero-order valence-electron chi connectivity index (χ0n) is 18.9. The highest BCUT2D eigenvalue weighted by Gasteiger charge is 2.36. The van der Waals surface area contributed by atoms with Crippen molar-refractivity contribution in [1.82, 2.24) is 14.6 Å². The van der Waals surface area contributed by atoms with Crippen LogP contribution in [0.4, 0.5) is 24.5 Å². The topological polar surface area (TPSA) is 126 Å². The molecule has 0 radical (unpaired) electrons. The predicted octanol–water partition coefficient (Wildman–Crippen LogP) is 5.57. The van der Waals surface area contributed by atoms with Crippen molar-refractivity contribution in [2.24, 2.45) is 0 Å². The van der Waals surface area contributed by atoms with Gasteiger partial charge in [-0.15, -0.1) is 0 Å². The Bertz CT molecular complexity index is 1540. The summed E-state index contributed by atoms with van der Waals surface area (Å²) in [5.74, 6) is -0.661. The number of hydrogen-bond donors (Lipinski definition) is 1. The highest BCUT2D eigenvalue weighted by atomic mass is 19.4. The highest BCUT2D eigenvalue weighted by molar-refractivity contribution is 6.08. The lowest BCUT2D eigenvalue weighted by atomic mass is 10.0. The van der Waals surface area contributed by atoms with Crippen LogP contribution in [0.1, 0.15) is 46.9 Å². The highest BCUT2D eigenvalue weighted by Crippen LogP contribution is 2.33. The van der Waals surface area contributed by atoms with Crippen LogP contribution in [0, 0.1) is 21.4 Å². The second-order valence-corrected chi connectivity index (χ2v) is 8.15. The number of nitro groups is 1. The average Bonchev–Trinajstić information content (AvgIpc) is 3.27. The molecule has 0 saturated heterocycles. The molecular formula is C24H17F3N6O3. The molecule has 4 aromatic rings. The van der Waals surface area contributed by atoms with Gasteiger partial charge in [0.05, 0.1) is 28.1 Å². The number of nitro benzene ring substituents is 1. The minimum absolute atomic E-state index is 0.00673. The number of non-ortho nitro benzene ring substituents is 1. The Kier molecular flexibility index (Phi) is 6.15. The van der Waals surface area contributed by atoms with E-state index in [0.717, 1.165) is 36.0 Å². The van der Waals surface area contributed by atoms with Crippen LogP contribution < -0.4 is 5.32 Å². The Morgan fingerprint density at radius 3 is 2.44 bits per heavy atom. The van der Waals surface area contributed by atoms with Crippen molar-refractivity contribution in [3.8, 4) is 17.3 Å². The molecule has 0 fully saturated rings. The van der Waals surface area contributed by atoms with Gasteiger partial charge in [0.15, 0.2) is 11.3 Å². The maximum atomic E-state index is 13.9. The maximum Gasteiger partial charge on any atom is 0.433 e. The van der Waals surface area contributed by atoms with Gasteiger partial charge in [0, 0.05) is 17.7 Å². The Balaban J connectivity index is 1.80. The largest absolute Gasteiger partial charge is 0.433 e. The second-order valence-electron chi connectivity index (χ2n) is 8.15. The van der Waals surface area contributed by atoms with Gasteiger partial charge in [-0.2, -0.15) is 23.5 Å². The van der Waals surface area contributed by atoms with Gasteiger partial charge in [0.2, 0.25) is 0 Å². The quantitative estimate of drug-likeness (QED) is 0.285. The van der Waals surface area contributed by atoms with Crippen LogP contribution in [-0.2, 0) is 6.18 Å². The zero-order chi connectivity index (χ0) is 26.2. The van der Waals surface area contributed by atoms with Crippen LogP contribution in [-0.4, -0.2) is 25.4 Å². The molecule has 9 nitrogen and oxygen atoms in total. The second kappa shape index (κ2) is 9.10. The van der Waals surface area contributed by atoms with Crippen LogP contribution in [0.25, 0.3) is 16.9 Å². The van der Waals surface area contributed by atoms with E-state index < -0.39 is 22.7 Å². The van der Waals surface area contributed by atoms with E-state index in [4.69, 9.17) is 0 Å². The van der Waals surface area contributed by atoms with E-state index in [1.165, 1.54) is 0 Å². The molecule has 0 unspecified atom stereocenters. The van der Waals surface area contributed by atoms with Crippen LogP contribution in [0.5, 0.6) is 0 Å². The van der Waals surface area contributed by atoms with Gasteiger partial charge >= 0.3 is 6.18 Å². The first kappa shape index (κ1) is 24.3. The number of alkyl halides is 3. The standard InChI is InChI=1S/C24H17F3N6O3/c1-13(2)14-3-5-15(6-4-14)20-10-21(24(25,26)27)32-22(30-20)18(12-29-32)23(34)31-19-8-7-17(33(35)36)9-16(19)11-28/h3-10,12-13H,1-2H3,(H,31,34). The van der Waals surface area contributed by atoms with Crippen molar-refractivity contribution in [2.45, 2.75) is 25.9 Å². The van der Waals surface area contributed by atoms with Gasteiger partial charge in [-0.05, 0) is 23.6 Å². The van der Waals surface area contributed by atoms with E-state index in [2.05, 4.69) is 15.4 Å². The first-order chi connectivity index (χ1) is 17.0. The SMILES string of the molecule is CC(C)c1ccc(-c2cc(C(F)(F)F)n3ncc(C(=O)Nc4ccc([N+](=O)[O-])cc4C#N)c3n2)cc1. The molecule has 2 aromatic carbocycles. The monoisotopic (exact) mass is 494 g/mol. The number of fused-ring (bicyclic) bond motifs is 1. The first-order valence-electron chi connectivity index (χ1n) is 10.6. The zero-order valence-corrected chi connectivity index (χ0v) is 18.9. The number of anilines is 1. The van der Waals surface area contributed by atoms with Gasteiger partial charge in [-0.3, -0.25) is 14.9 Å². The molecule has 4 rings (SSSR count). The van der Waals surface area contributed by atoms with Crippen LogP contribution in [0.3, 0.4) is 0 Å². The minimum Gasteiger partial charge on any atom is -0.321 e. The fourth-order valence-corrected chi connectivity index (χ4v) is 3.55. The van der Waals surface area contributed by atoms with Crippen molar-refractivity contribution < 1.29 is 22.9 Å². The van der Waals surface area contributed by atoms with Crippen LogP contribution >= 0.6 is 0 Å². The van der Waals surface area contributed by atoms with Crippen molar-refractivity contribution >= 4 is 22.9 Å². The third kappa shape index (κ3) is 4.58. The number of nitrogens with one attached hydrogen (secondary N) is 1. The Morgan fingerprint density at radius 2 is 1.86 bits per heavy atom. The molecule has 0 aliphatic carbocycles. The molecule has 36 heavy (non-hydrogen) atoms. The predicted molar refractivity (Wildman–Crippen MR) is 123 cm³/mol. The molecule has 0 spiro atoms. The first-order valence-corrected chi connectivity index (χ1v) is 10.6. The number of benzene rings is 2. The number of halogens is 3. The van der Waals surface area contributed by atoms with E-state index in [-0.39, 0.29) is 39.8 Å². The van der Waals surface area contributed by atoms with E-state index in [9.17, 15) is 33.3 Å². The summed E-state index contributed by atoms with van der Waals surface area (Å²) in [5, 5.41) is 26.4. The molecule has 0 bridgehead atoms. The number of hydrogen-bond acceptors (Lipinski definition) is 6. The summed E-state index contributed by atoms with van der Waals surface area (Å²) in [6.45, 7) is 3.97. The molecular weight excluding hydrogens is 477 g/mol. The Labute approximate surface area is 202 Å². The summed E-state index contributed by atoms with van der Waals surface area (Å²) in [6, 6.07) is 12.7. The summed E-state index contributed by atoms with van der Waals surface area (Å²) >= 11 is 0. The van der Waals surface area contributed by atoms with E-state index in [1.54, 1.807) is 30.3 Å². The number of nitrogens with zero attached hydrogens (tertiary/aromatic N) is 5. The number of carbonyl (C=O) groups excluding carboxylic acids is 1. The molecule has 1 amide bonds. The summed E-state index contributed by atoms with van der Waals surface area (Å²) in [4.78, 5) is 27.5. The van der Waals surface area contributed by atoms with E-state index in [0.29, 0.717) is 10.1 Å². The molecule has 182 valence electrons. The summed E-state index contributed by atoms with van der Waals surface area (Å²) < 4.78 is 42.1. The molecule has 0 saturated carbocycles. The Hall–Kier alpha value is -4.79. The van der Waals surface area contributed by atoms with Crippen LogP contribution in [0.15, 0.2) is 54.7 Å². The molecule has 0 aliphatic heterocycles. The summed E-state index contributed by atoms with van der Waals surface area (Å²) in [5.41, 5.74) is -0.930. The third-order valence-electron chi connectivity index (χ3n) is 5.46. The number of aromatic nitrogens is 3.